The number of benzene rings is 1. The summed E-state index contributed by atoms with van der Waals surface area (Å²) in [4.78, 5) is 0. The van der Waals surface area contributed by atoms with Crippen LogP contribution in [-0.2, 0) is 5.41 Å². The topological polar surface area (TPSA) is 0 Å². The monoisotopic (exact) mass is 160 g/mol. The SMILES string of the molecule is C=C(C)C(C)(C)c1ccccc1. The molecule has 64 valence electrons. The predicted octanol–water partition coefficient (Wildman–Crippen LogP) is 3.54. The summed E-state index contributed by atoms with van der Waals surface area (Å²) in [6, 6.07) is 10.5. The zero-order valence-electron chi connectivity index (χ0n) is 8.09. The fourth-order valence-corrected chi connectivity index (χ4v) is 1.10. The quantitative estimate of drug-likeness (QED) is 0.580. The first-order chi connectivity index (χ1) is 5.55. The van der Waals surface area contributed by atoms with Gasteiger partial charge in [0.1, 0.15) is 0 Å². The van der Waals surface area contributed by atoms with Crippen LogP contribution < -0.4 is 0 Å². The lowest BCUT2D eigenvalue weighted by atomic mass is 9.79. The van der Waals surface area contributed by atoms with Gasteiger partial charge in [0.25, 0.3) is 0 Å². The molecule has 0 heterocycles. The highest BCUT2D eigenvalue weighted by molar-refractivity contribution is 5.31. The lowest BCUT2D eigenvalue weighted by molar-refractivity contribution is 0.626. The molecule has 0 aliphatic carbocycles. The van der Waals surface area contributed by atoms with Crippen molar-refractivity contribution in [1.29, 1.82) is 0 Å². The molecular formula is C12H16. The molecule has 0 atom stereocenters. The molecule has 0 unspecified atom stereocenters. The highest BCUT2D eigenvalue weighted by Gasteiger charge is 2.20. The standard InChI is InChI=1S/C12H16/c1-10(2)12(3,4)11-8-6-5-7-9-11/h5-9H,1H2,2-4H3. The maximum atomic E-state index is 4.00. The van der Waals surface area contributed by atoms with Crippen LogP contribution in [0.5, 0.6) is 0 Å². The third kappa shape index (κ3) is 1.58. The second-order valence-corrected chi connectivity index (χ2v) is 3.77. The van der Waals surface area contributed by atoms with Gasteiger partial charge in [0.2, 0.25) is 0 Å². The van der Waals surface area contributed by atoms with Crippen molar-refractivity contribution in [3.8, 4) is 0 Å². The number of rotatable bonds is 2. The molecule has 0 N–H and O–H groups in total. The summed E-state index contributed by atoms with van der Waals surface area (Å²) in [7, 11) is 0. The maximum absolute atomic E-state index is 4.00. The second kappa shape index (κ2) is 3.14. The predicted molar refractivity (Wildman–Crippen MR) is 54.3 cm³/mol. The average Bonchev–Trinajstić information content (AvgIpc) is 2.06. The van der Waals surface area contributed by atoms with E-state index in [0.717, 1.165) is 0 Å². The van der Waals surface area contributed by atoms with Crippen LogP contribution in [0.2, 0.25) is 0 Å². The van der Waals surface area contributed by atoms with Crippen LogP contribution in [0.4, 0.5) is 0 Å². The smallest absolute Gasteiger partial charge is 0.00996 e. The maximum Gasteiger partial charge on any atom is 0.00996 e. The number of allylic oxidation sites excluding steroid dienone is 1. The Kier molecular flexibility index (Phi) is 2.37. The van der Waals surface area contributed by atoms with E-state index < -0.39 is 0 Å². The minimum Gasteiger partial charge on any atom is -0.0993 e. The molecule has 0 fully saturated rings. The summed E-state index contributed by atoms with van der Waals surface area (Å²) in [5, 5.41) is 0. The van der Waals surface area contributed by atoms with E-state index in [9.17, 15) is 0 Å². The van der Waals surface area contributed by atoms with E-state index >= 15 is 0 Å². The van der Waals surface area contributed by atoms with Gasteiger partial charge < -0.3 is 0 Å². The third-order valence-corrected chi connectivity index (χ3v) is 2.56. The Bertz CT molecular complexity index is 267. The molecule has 0 aliphatic heterocycles. The molecule has 0 saturated heterocycles. The van der Waals surface area contributed by atoms with Gasteiger partial charge in [-0.15, -0.1) is 0 Å². The summed E-state index contributed by atoms with van der Waals surface area (Å²) in [5.74, 6) is 0. The molecule has 0 spiro atoms. The molecule has 0 nitrogen and oxygen atoms in total. The van der Waals surface area contributed by atoms with E-state index in [2.05, 4.69) is 51.6 Å². The van der Waals surface area contributed by atoms with E-state index in [1.807, 2.05) is 6.07 Å². The van der Waals surface area contributed by atoms with Gasteiger partial charge in [-0.1, -0.05) is 56.3 Å². The normalized spacial score (nSPS) is 11.2. The minimum absolute atomic E-state index is 0.0985. The summed E-state index contributed by atoms with van der Waals surface area (Å²) < 4.78 is 0. The zero-order chi connectivity index (χ0) is 9.19. The van der Waals surface area contributed by atoms with Crippen LogP contribution >= 0.6 is 0 Å². The Labute approximate surface area is 74.9 Å². The summed E-state index contributed by atoms with van der Waals surface area (Å²) in [6.45, 7) is 10.5. The first kappa shape index (κ1) is 9.05. The molecule has 0 saturated carbocycles. The van der Waals surface area contributed by atoms with E-state index in [1.54, 1.807) is 0 Å². The van der Waals surface area contributed by atoms with E-state index in [0.29, 0.717) is 0 Å². The molecule has 0 aromatic heterocycles. The molecule has 1 aromatic carbocycles. The Morgan fingerprint density at radius 1 is 1.17 bits per heavy atom. The van der Waals surface area contributed by atoms with Crippen molar-refractivity contribution in [2.24, 2.45) is 0 Å². The third-order valence-electron chi connectivity index (χ3n) is 2.56. The van der Waals surface area contributed by atoms with Gasteiger partial charge in [0, 0.05) is 5.41 Å². The van der Waals surface area contributed by atoms with Gasteiger partial charge in [-0.25, -0.2) is 0 Å². The fraction of sp³-hybridized carbons (Fsp3) is 0.333. The molecular weight excluding hydrogens is 144 g/mol. The van der Waals surface area contributed by atoms with Crippen LogP contribution in [0.25, 0.3) is 0 Å². The van der Waals surface area contributed by atoms with E-state index in [1.165, 1.54) is 11.1 Å². The molecule has 1 rings (SSSR count). The van der Waals surface area contributed by atoms with Gasteiger partial charge >= 0.3 is 0 Å². The fourth-order valence-electron chi connectivity index (χ4n) is 1.10. The van der Waals surface area contributed by atoms with Crippen LogP contribution in [0.3, 0.4) is 0 Å². The van der Waals surface area contributed by atoms with Crippen molar-refractivity contribution in [2.75, 3.05) is 0 Å². The van der Waals surface area contributed by atoms with E-state index in [-0.39, 0.29) is 5.41 Å². The summed E-state index contributed by atoms with van der Waals surface area (Å²) in [6.07, 6.45) is 0. The van der Waals surface area contributed by atoms with Crippen LogP contribution in [0.1, 0.15) is 26.3 Å². The Morgan fingerprint density at radius 2 is 1.67 bits per heavy atom. The van der Waals surface area contributed by atoms with Crippen molar-refractivity contribution in [3.05, 3.63) is 48.0 Å². The van der Waals surface area contributed by atoms with Crippen molar-refractivity contribution < 1.29 is 0 Å². The van der Waals surface area contributed by atoms with Crippen LogP contribution in [0, 0.1) is 0 Å². The van der Waals surface area contributed by atoms with Crippen molar-refractivity contribution >= 4 is 0 Å². The molecule has 1 aromatic rings. The molecule has 0 bridgehead atoms. The Morgan fingerprint density at radius 3 is 2.08 bits per heavy atom. The molecule has 0 heteroatoms. The second-order valence-electron chi connectivity index (χ2n) is 3.77. The minimum atomic E-state index is 0.0985. The number of hydrogen-bond acceptors (Lipinski definition) is 0. The Balaban J connectivity index is 3.06. The highest BCUT2D eigenvalue weighted by Crippen LogP contribution is 2.29. The summed E-state index contributed by atoms with van der Waals surface area (Å²) in [5.41, 5.74) is 2.63. The number of hydrogen-bond donors (Lipinski definition) is 0. The molecule has 0 amide bonds. The Hall–Kier alpha value is -1.04. The average molecular weight is 160 g/mol. The molecule has 12 heavy (non-hydrogen) atoms. The summed E-state index contributed by atoms with van der Waals surface area (Å²) >= 11 is 0. The van der Waals surface area contributed by atoms with Crippen molar-refractivity contribution in [1.82, 2.24) is 0 Å². The van der Waals surface area contributed by atoms with Gasteiger partial charge in [0.15, 0.2) is 0 Å². The lowest BCUT2D eigenvalue weighted by Gasteiger charge is -2.25. The largest absolute Gasteiger partial charge is 0.0993 e. The first-order valence-corrected chi connectivity index (χ1v) is 4.26. The van der Waals surface area contributed by atoms with Crippen molar-refractivity contribution in [3.63, 3.8) is 0 Å². The molecule has 0 radical (unpaired) electrons. The van der Waals surface area contributed by atoms with E-state index in [4.69, 9.17) is 0 Å². The lowest BCUT2D eigenvalue weighted by Crippen LogP contribution is -2.17. The molecule has 0 aliphatic rings. The van der Waals surface area contributed by atoms with Gasteiger partial charge in [-0.2, -0.15) is 0 Å². The zero-order valence-corrected chi connectivity index (χ0v) is 8.09. The van der Waals surface area contributed by atoms with Gasteiger partial charge in [-0.3, -0.25) is 0 Å². The van der Waals surface area contributed by atoms with Crippen LogP contribution in [0.15, 0.2) is 42.5 Å². The van der Waals surface area contributed by atoms with Crippen LogP contribution in [-0.4, -0.2) is 0 Å². The van der Waals surface area contributed by atoms with Crippen molar-refractivity contribution in [2.45, 2.75) is 26.2 Å². The highest BCUT2D eigenvalue weighted by atomic mass is 14.2. The van der Waals surface area contributed by atoms with Gasteiger partial charge in [-0.05, 0) is 12.5 Å². The first-order valence-electron chi connectivity index (χ1n) is 4.26. The van der Waals surface area contributed by atoms with Gasteiger partial charge in [0.05, 0.1) is 0 Å².